The molecule has 1 rings (SSSR count). The molecule has 0 aliphatic carbocycles. The first-order chi connectivity index (χ1) is 8.10. The number of benzene rings is 1. The zero-order valence-corrected chi connectivity index (χ0v) is 9.97. The van der Waals surface area contributed by atoms with Crippen molar-refractivity contribution in [2.24, 2.45) is 5.73 Å². The van der Waals surface area contributed by atoms with Crippen molar-refractivity contribution in [2.75, 3.05) is 13.7 Å². The number of rotatable bonds is 6. The molecule has 1 atom stereocenters. The second-order valence-electron chi connectivity index (χ2n) is 3.57. The summed E-state index contributed by atoms with van der Waals surface area (Å²) in [5.74, 6) is -0.0240. The molecule has 0 aromatic heterocycles. The number of nitrogens with two attached hydrogens (primary N) is 1. The minimum atomic E-state index is -1.09. The van der Waals surface area contributed by atoms with Gasteiger partial charge in [0.1, 0.15) is 17.5 Å². The Balaban J connectivity index is 2.96. The number of ether oxygens (including phenoxy) is 2. The van der Waals surface area contributed by atoms with E-state index in [4.69, 9.17) is 20.3 Å². The molecule has 0 aliphatic heterocycles. The Bertz CT molecular complexity index is 392. The lowest BCUT2D eigenvalue weighted by Gasteiger charge is -2.14. The Morgan fingerprint density at radius 2 is 2.24 bits per heavy atom. The van der Waals surface area contributed by atoms with E-state index >= 15 is 0 Å². The second-order valence-corrected chi connectivity index (χ2v) is 3.57. The molecule has 3 N–H and O–H groups in total. The first-order valence-electron chi connectivity index (χ1n) is 5.39. The van der Waals surface area contributed by atoms with Crippen LogP contribution in [-0.2, 0) is 4.79 Å². The number of carboxylic acids is 1. The smallest absolute Gasteiger partial charge is 0.325 e. The lowest BCUT2D eigenvalue weighted by molar-refractivity contribution is -0.138. The standard InChI is InChI=1S/C12H17NO4/c1-3-6-17-8-4-5-9(10(7-8)16-2)11(13)12(14)15/h4-5,7,11H,3,6,13H2,1-2H3,(H,14,15)/t11-/m0/s1. The van der Waals surface area contributed by atoms with Crippen molar-refractivity contribution < 1.29 is 19.4 Å². The van der Waals surface area contributed by atoms with Gasteiger partial charge in [0.05, 0.1) is 13.7 Å². The van der Waals surface area contributed by atoms with Crippen LogP contribution in [0.5, 0.6) is 11.5 Å². The predicted molar refractivity (Wildman–Crippen MR) is 63.3 cm³/mol. The van der Waals surface area contributed by atoms with Crippen LogP contribution < -0.4 is 15.2 Å². The Hall–Kier alpha value is -1.75. The Morgan fingerprint density at radius 1 is 1.53 bits per heavy atom. The van der Waals surface area contributed by atoms with E-state index in [2.05, 4.69) is 0 Å². The van der Waals surface area contributed by atoms with Gasteiger partial charge in [0, 0.05) is 11.6 Å². The third-order valence-electron chi connectivity index (χ3n) is 2.28. The summed E-state index contributed by atoms with van der Waals surface area (Å²) in [6.45, 7) is 2.61. The van der Waals surface area contributed by atoms with Crippen LogP contribution in [0.25, 0.3) is 0 Å². The largest absolute Gasteiger partial charge is 0.496 e. The fourth-order valence-electron chi connectivity index (χ4n) is 1.39. The summed E-state index contributed by atoms with van der Waals surface area (Å²) in [6.07, 6.45) is 0.901. The molecule has 94 valence electrons. The van der Waals surface area contributed by atoms with Crippen molar-refractivity contribution in [1.82, 2.24) is 0 Å². The normalized spacial score (nSPS) is 11.9. The lowest BCUT2D eigenvalue weighted by Crippen LogP contribution is -2.21. The van der Waals surface area contributed by atoms with Crippen LogP contribution >= 0.6 is 0 Å². The molecule has 1 aromatic carbocycles. The summed E-state index contributed by atoms with van der Waals surface area (Å²) in [5.41, 5.74) is 5.98. The third kappa shape index (κ3) is 3.35. The van der Waals surface area contributed by atoms with Crippen LogP contribution in [0.2, 0.25) is 0 Å². The second kappa shape index (κ2) is 6.10. The average Bonchev–Trinajstić information content (AvgIpc) is 2.34. The summed E-state index contributed by atoms with van der Waals surface area (Å²) in [4.78, 5) is 10.8. The molecule has 1 aromatic rings. The summed E-state index contributed by atoms with van der Waals surface area (Å²) in [6, 6.07) is 3.86. The first-order valence-corrected chi connectivity index (χ1v) is 5.39. The molecule has 17 heavy (non-hydrogen) atoms. The molecule has 5 nitrogen and oxygen atoms in total. The van der Waals surface area contributed by atoms with Crippen molar-refractivity contribution >= 4 is 5.97 Å². The quantitative estimate of drug-likeness (QED) is 0.787. The minimum Gasteiger partial charge on any atom is -0.496 e. The summed E-state index contributed by atoms with van der Waals surface area (Å²) >= 11 is 0. The van der Waals surface area contributed by atoms with Crippen LogP contribution in [-0.4, -0.2) is 24.8 Å². The van der Waals surface area contributed by atoms with Gasteiger partial charge < -0.3 is 20.3 Å². The van der Waals surface area contributed by atoms with Crippen LogP contribution in [0.1, 0.15) is 24.9 Å². The summed E-state index contributed by atoms with van der Waals surface area (Å²) in [7, 11) is 1.47. The van der Waals surface area contributed by atoms with Gasteiger partial charge in [-0.1, -0.05) is 6.92 Å². The maximum absolute atomic E-state index is 10.8. The number of hydrogen-bond donors (Lipinski definition) is 2. The third-order valence-corrected chi connectivity index (χ3v) is 2.28. The maximum atomic E-state index is 10.8. The van der Waals surface area contributed by atoms with Crippen LogP contribution in [0.4, 0.5) is 0 Å². The van der Waals surface area contributed by atoms with Gasteiger partial charge in [-0.25, -0.2) is 0 Å². The highest BCUT2D eigenvalue weighted by atomic mass is 16.5. The first kappa shape index (κ1) is 13.3. The number of hydrogen-bond acceptors (Lipinski definition) is 4. The van der Waals surface area contributed by atoms with Crippen LogP contribution in [0.3, 0.4) is 0 Å². The highest BCUT2D eigenvalue weighted by molar-refractivity contribution is 5.76. The number of aliphatic carboxylic acids is 1. The Labute approximate surface area is 100 Å². The van der Waals surface area contributed by atoms with E-state index in [1.165, 1.54) is 7.11 Å². The van der Waals surface area contributed by atoms with Crippen molar-refractivity contribution in [3.8, 4) is 11.5 Å². The molecule has 0 saturated carbocycles. The molecule has 0 aliphatic rings. The Morgan fingerprint density at radius 3 is 2.76 bits per heavy atom. The molecule has 0 saturated heterocycles. The van der Waals surface area contributed by atoms with Crippen molar-refractivity contribution in [1.29, 1.82) is 0 Å². The average molecular weight is 239 g/mol. The number of carbonyl (C=O) groups is 1. The SMILES string of the molecule is CCCOc1ccc([C@H](N)C(=O)O)c(OC)c1. The lowest BCUT2D eigenvalue weighted by atomic mass is 10.1. The molecule has 0 fully saturated rings. The topological polar surface area (TPSA) is 81.8 Å². The van der Waals surface area contributed by atoms with Gasteiger partial charge in [0.25, 0.3) is 0 Å². The van der Waals surface area contributed by atoms with Gasteiger partial charge in [-0.3, -0.25) is 4.79 Å². The van der Waals surface area contributed by atoms with Crippen molar-refractivity contribution in [2.45, 2.75) is 19.4 Å². The molecule has 0 heterocycles. The molecular weight excluding hydrogens is 222 g/mol. The zero-order chi connectivity index (χ0) is 12.8. The minimum absolute atomic E-state index is 0.425. The molecular formula is C12H17NO4. The van der Waals surface area contributed by atoms with Crippen LogP contribution in [0, 0.1) is 0 Å². The molecule has 0 bridgehead atoms. The van der Waals surface area contributed by atoms with E-state index in [-0.39, 0.29) is 0 Å². The van der Waals surface area contributed by atoms with Gasteiger partial charge in [-0.15, -0.1) is 0 Å². The van der Waals surface area contributed by atoms with Crippen molar-refractivity contribution in [3.63, 3.8) is 0 Å². The van der Waals surface area contributed by atoms with E-state index in [1.54, 1.807) is 18.2 Å². The van der Waals surface area contributed by atoms with Gasteiger partial charge in [-0.05, 0) is 18.6 Å². The Kier molecular flexibility index (Phi) is 4.78. The molecule has 0 amide bonds. The maximum Gasteiger partial charge on any atom is 0.325 e. The molecule has 5 heteroatoms. The zero-order valence-electron chi connectivity index (χ0n) is 9.97. The highest BCUT2D eigenvalue weighted by Gasteiger charge is 2.19. The van der Waals surface area contributed by atoms with E-state index in [0.717, 1.165) is 6.42 Å². The van der Waals surface area contributed by atoms with Gasteiger partial charge in [-0.2, -0.15) is 0 Å². The van der Waals surface area contributed by atoms with E-state index < -0.39 is 12.0 Å². The van der Waals surface area contributed by atoms with Crippen molar-refractivity contribution in [3.05, 3.63) is 23.8 Å². The monoisotopic (exact) mass is 239 g/mol. The highest BCUT2D eigenvalue weighted by Crippen LogP contribution is 2.28. The number of carboxylic acid groups (broad SMARTS) is 1. The summed E-state index contributed by atoms with van der Waals surface area (Å²) in [5, 5.41) is 8.85. The molecule has 0 spiro atoms. The van der Waals surface area contributed by atoms with E-state index in [9.17, 15) is 4.79 Å². The van der Waals surface area contributed by atoms with Crippen LogP contribution in [0.15, 0.2) is 18.2 Å². The van der Waals surface area contributed by atoms with Gasteiger partial charge in [0.2, 0.25) is 0 Å². The van der Waals surface area contributed by atoms with E-state index in [0.29, 0.717) is 23.7 Å². The predicted octanol–water partition coefficient (Wildman–Crippen LogP) is 1.57. The fraction of sp³-hybridized carbons (Fsp3) is 0.417. The molecule has 0 radical (unpaired) electrons. The van der Waals surface area contributed by atoms with E-state index in [1.807, 2.05) is 6.92 Å². The fourth-order valence-corrected chi connectivity index (χ4v) is 1.39. The number of methoxy groups -OCH3 is 1. The summed E-state index contributed by atoms with van der Waals surface area (Å²) < 4.78 is 10.5. The molecule has 0 unspecified atom stereocenters. The van der Waals surface area contributed by atoms with Gasteiger partial charge in [0.15, 0.2) is 0 Å². The van der Waals surface area contributed by atoms with Gasteiger partial charge >= 0.3 is 5.97 Å².